The molecule has 28 heavy (non-hydrogen) atoms. The smallest absolute Gasteiger partial charge is 0.295 e. The highest BCUT2D eigenvalue weighted by atomic mass is 16.2. The van der Waals surface area contributed by atoms with Crippen molar-refractivity contribution in [1.82, 2.24) is 24.9 Å². The van der Waals surface area contributed by atoms with Crippen molar-refractivity contribution in [3.05, 3.63) is 47.3 Å². The molecule has 1 aromatic heterocycles. The Morgan fingerprint density at radius 1 is 1.04 bits per heavy atom. The molecule has 0 saturated carbocycles. The van der Waals surface area contributed by atoms with Gasteiger partial charge in [0.05, 0.1) is 29.2 Å². The van der Waals surface area contributed by atoms with Crippen LogP contribution in [0.15, 0.2) is 30.3 Å². The summed E-state index contributed by atoms with van der Waals surface area (Å²) in [5, 5.41) is 7.05. The SMILES string of the molecule is CNC(=O)CN1CCN(C(=O)C(=O)c2c(C)nn(-c3ccccc3)c2C)CC1. The minimum absolute atomic E-state index is 0.0598. The van der Waals surface area contributed by atoms with E-state index in [0.29, 0.717) is 49.7 Å². The fourth-order valence-corrected chi connectivity index (χ4v) is 3.43. The first-order chi connectivity index (χ1) is 13.4. The number of carbonyl (C=O) groups is 3. The Bertz CT molecular complexity index is 883. The lowest BCUT2D eigenvalue weighted by molar-refractivity contribution is -0.128. The molecule has 2 heterocycles. The number of amides is 2. The molecule has 2 aromatic rings. The fraction of sp³-hybridized carbons (Fsp3) is 0.400. The zero-order chi connectivity index (χ0) is 20.3. The van der Waals surface area contributed by atoms with Crippen LogP contribution in [0.4, 0.5) is 0 Å². The van der Waals surface area contributed by atoms with Crippen LogP contribution in [0.25, 0.3) is 5.69 Å². The average Bonchev–Trinajstić information content (AvgIpc) is 3.02. The first kappa shape index (κ1) is 19.8. The van der Waals surface area contributed by atoms with Gasteiger partial charge in [0.2, 0.25) is 5.91 Å². The lowest BCUT2D eigenvalue weighted by atomic mass is 10.1. The van der Waals surface area contributed by atoms with E-state index in [2.05, 4.69) is 10.4 Å². The Kier molecular flexibility index (Phi) is 5.89. The largest absolute Gasteiger partial charge is 0.358 e. The maximum atomic E-state index is 12.9. The molecule has 0 unspecified atom stereocenters. The number of Topliss-reactive ketones (excluding diaryl/α,β-unsaturated/α-hetero) is 1. The second-order valence-corrected chi connectivity index (χ2v) is 6.86. The molecule has 1 aliphatic heterocycles. The summed E-state index contributed by atoms with van der Waals surface area (Å²) in [5.41, 5.74) is 2.40. The van der Waals surface area contributed by atoms with E-state index in [0.717, 1.165) is 5.69 Å². The number of carbonyl (C=O) groups excluding carboxylic acids is 3. The predicted octanol–water partition coefficient (Wildman–Crippen LogP) is 0.562. The molecule has 0 atom stereocenters. The molecule has 8 nitrogen and oxygen atoms in total. The van der Waals surface area contributed by atoms with Gasteiger partial charge >= 0.3 is 0 Å². The van der Waals surface area contributed by atoms with Gasteiger partial charge in [-0.1, -0.05) is 18.2 Å². The molecule has 1 aromatic carbocycles. The number of nitrogens with one attached hydrogen (secondary N) is 1. The minimum atomic E-state index is -0.531. The Morgan fingerprint density at radius 3 is 2.29 bits per heavy atom. The fourth-order valence-electron chi connectivity index (χ4n) is 3.43. The minimum Gasteiger partial charge on any atom is -0.358 e. The maximum absolute atomic E-state index is 12.9. The Balaban J connectivity index is 1.72. The molecule has 3 rings (SSSR count). The van der Waals surface area contributed by atoms with Crippen molar-refractivity contribution in [2.75, 3.05) is 39.8 Å². The van der Waals surface area contributed by atoms with Crippen LogP contribution >= 0.6 is 0 Å². The van der Waals surface area contributed by atoms with Crippen LogP contribution in [0.3, 0.4) is 0 Å². The van der Waals surface area contributed by atoms with Gasteiger partial charge in [0, 0.05) is 33.2 Å². The second kappa shape index (κ2) is 8.35. The van der Waals surface area contributed by atoms with E-state index < -0.39 is 11.7 Å². The summed E-state index contributed by atoms with van der Waals surface area (Å²) in [5.74, 6) is -1.11. The number of para-hydroxylation sites is 1. The van der Waals surface area contributed by atoms with Gasteiger partial charge in [-0.2, -0.15) is 5.10 Å². The highest BCUT2D eigenvalue weighted by Gasteiger charge is 2.31. The summed E-state index contributed by atoms with van der Waals surface area (Å²) in [4.78, 5) is 40.7. The molecule has 0 radical (unpaired) electrons. The molecule has 1 aliphatic rings. The van der Waals surface area contributed by atoms with Crippen molar-refractivity contribution in [3.63, 3.8) is 0 Å². The Labute approximate surface area is 164 Å². The van der Waals surface area contributed by atoms with Gasteiger partial charge in [-0.25, -0.2) is 4.68 Å². The average molecular weight is 383 g/mol. The summed E-state index contributed by atoms with van der Waals surface area (Å²) in [6.07, 6.45) is 0. The molecule has 1 saturated heterocycles. The van der Waals surface area contributed by atoms with Crippen molar-refractivity contribution in [2.45, 2.75) is 13.8 Å². The van der Waals surface area contributed by atoms with Gasteiger partial charge in [-0.15, -0.1) is 0 Å². The van der Waals surface area contributed by atoms with Crippen molar-refractivity contribution >= 4 is 17.6 Å². The van der Waals surface area contributed by atoms with Crippen LogP contribution in [0, 0.1) is 13.8 Å². The Hall–Kier alpha value is -3.00. The maximum Gasteiger partial charge on any atom is 0.295 e. The standard InChI is InChI=1S/C20H25N5O3/c1-14-18(15(2)25(22-14)16-7-5-4-6-8-16)19(27)20(28)24-11-9-23(10-12-24)13-17(26)21-3/h4-8H,9-13H2,1-3H3,(H,21,26). The summed E-state index contributed by atoms with van der Waals surface area (Å²) in [7, 11) is 1.60. The number of nitrogens with zero attached hydrogens (tertiary/aromatic N) is 4. The van der Waals surface area contributed by atoms with Crippen LogP contribution in [0.2, 0.25) is 0 Å². The quantitative estimate of drug-likeness (QED) is 0.602. The van der Waals surface area contributed by atoms with Gasteiger partial charge < -0.3 is 10.2 Å². The molecule has 8 heteroatoms. The van der Waals surface area contributed by atoms with Crippen molar-refractivity contribution in [3.8, 4) is 5.69 Å². The highest BCUT2D eigenvalue weighted by Crippen LogP contribution is 2.19. The number of benzene rings is 1. The summed E-state index contributed by atoms with van der Waals surface area (Å²) in [6.45, 7) is 5.82. The zero-order valence-electron chi connectivity index (χ0n) is 16.4. The lowest BCUT2D eigenvalue weighted by Gasteiger charge is -2.33. The number of hydrogen-bond acceptors (Lipinski definition) is 5. The molecule has 2 amide bonds. The first-order valence-corrected chi connectivity index (χ1v) is 9.30. The molecule has 0 aliphatic carbocycles. The predicted molar refractivity (Wildman–Crippen MR) is 104 cm³/mol. The Morgan fingerprint density at radius 2 is 1.68 bits per heavy atom. The number of likely N-dealkylation sites (N-methyl/N-ethyl adjacent to an activating group) is 1. The van der Waals surface area contributed by atoms with Crippen molar-refractivity contribution < 1.29 is 14.4 Å². The van der Waals surface area contributed by atoms with E-state index in [1.165, 1.54) is 0 Å². The molecular formula is C20H25N5O3. The molecule has 1 fully saturated rings. The normalized spacial score (nSPS) is 14.8. The third kappa shape index (κ3) is 3.96. The highest BCUT2D eigenvalue weighted by molar-refractivity contribution is 6.43. The summed E-state index contributed by atoms with van der Waals surface area (Å²) in [6, 6.07) is 9.52. The first-order valence-electron chi connectivity index (χ1n) is 9.30. The van der Waals surface area contributed by atoms with Gasteiger partial charge in [0.15, 0.2) is 0 Å². The summed E-state index contributed by atoms with van der Waals surface area (Å²) >= 11 is 0. The molecule has 0 spiro atoms. The van der Waals surface area contributed by atoms with E-state index in [9.17, 15) is 14.4 Å². The number of rotatable bonds is 5. The van der Waals surface area contributed by atoms with E-state index in [-0.39, 0.29) is 5.91 Å². The lowest BCUT2D eigenvalue weighted by Crippen LogP contribution is -2.52. The third-order valence-electron chi connectivity index (χ3n) is 5.02. The van der Waals surface area contributed by atoms with Crippen molar-refractivity contribution in [1.29, 1.82) is 0 Å². The van der Waals surface area contributed by atoms with Crippen LogP contribution in [0.1, 0.15) is 21.7 Å². The van der Waals surface area contributed by atoms with Crippen LogP contribution in [-0.4, -0.2) is 76.9 Å². The van der Waals surface area contributed by atoms with Gasteiger partial charge in [0.25, 0.3) is 11.7 Å². The van der Waals surface area contributed by atoms with Gasteiger partial charge in [-0.05, 0) is 26.0 Å². The monoisotopic (exact) mass is 383 g/mol. The number of aryl methyl sites for hydroxylation is 1. The third-order valence-corrected chi connectivity index (χ3v) is 5.02. The molecule has 1 N–H and O–H groups in total. The van der Waals surface area contributed by atoms with E-state index in [1.807, 2.05) is 35.2 Å². The number of hydrogen-bond donors (Lipinski definition) is 1. The van der Waals surface area contributed by atoms with Gasteiger partial charge in [-0.3, -0.25) is 19.3 Å². The van der Waals surface area contributed by atoms with Crippen molar-refractivity contribution in [2.24, 2.45) is 0 Å². The van der Waals surface area contributed by atoms with E-state index >= 15 is 0 Å². The summed E-state index contributed by atoms with van der Waals surface area (Å²) < 4.78 is 1.69. The molecule has 148 valence electrons. The van der Waals surface area contributed by atoms with Crippen LogP contribution in [-0.2, 0) is 9.59 Å². The van der Waals surface area contributed by atoms with Crippen LogP contribution in [0.5, 0.6) is 0 Å². The number of aromatic nitrogens is 2. The molecule has 0 bridgehead atoms. The van der Waals surface area contributed by atoms with Gasteiger partial charge in [0.1, 0.15) is 0 Å². The second-order valence-electron chi connectivity index (χ2n) is 6.86. The number of piperazine rings is 1. The van der Waals surface area contributed by atoms with E-state index in [4.69, 9.17) is 0 Å². The molecular weight excluding hydrogens is 358 g/mol. The van der Waals surface area contributed by atoms with E-state index in [1.54, 1.807) is 30.5 Å². The zero-order valence-corrected chi connectivity index (χ0v) is 16.4. The number of ketones is 1. The van der Waals surface area contributed by atoms with Crippen LogP contribution < -0.4 is 5.32 Å². The topological polar surface area (TPSA) is 87.5 Å².